The van der Waals surface area contributed by atoms with E-state index in [9.17, 15) is 9.59 Å². The molecule has 4 aromatic rings. The topological polar surface area (TPSA) is 149 Å². The Kier molecular flexibility index (Phi) is 5.64. The minimum atomic E-state index is -0.425. The van der Waals surface area contributed by atoms with Crippen molar-refractivity contribution in [3.8, 4) is 5.82 Å². The number of nitrogens with zero attached hydrogens (tertiary/aromatic N) is 5. The van der Waals surface area contributed by atoms with Gasteiger partial charge in [-0.1, -0.05) is 5.16 Å². The molecule has 2 atom stereocenters. The molecule has 4 aromatic heterocycles. The van der Waals surface area contributed by atoms with Gasteiger partial charge in [0.05, 0.1) is 24.0 Å². The van der Waals surface area contributed by atoms with Crippen LogP contribution in [0.3, 0.4) is 0 Å². The van der Waals surface area contributed by atoms with Gasteiger partial charge in [-0.25, -0.2) is 9.97 Å². The SMILES string of the molecule is CNc1cc(Nc2cccn(-c3cnccn3)c2=O)nc2c(C(=O)N[C@@H]3CC[C@H]3OC)onc12. The molecule has 3 N–H and O–H groups in total. The van der Waals surface area contributed by atoms with E-state index in [1.165, 1.54) is 23.2 Å². The second-order valence-electron chi connectivity index (χ2n) is 7.73. The first-order valence-corrected chi connectivity index (χ1v) is 10.7. The highest BCUT2D eigenvalue weighted by molar-refractivity contribution is 6.05. The molecule has 1 aliphatic carbocycles. The summed E-state index contributed by atoms with van der Waals surface area (Å²) in [6, 6.07) is 4.92. The normalized spacial score (nSPS) is 17.2. The summed E-state index contributed by atoms with van der Waals surface area (Å²) >= 11 is 0. The number of hydrogen-bond acceptors (Lipinski definition) is 10. The van der Waals surface area contributed by atoms with Crippen LogP contribution in [-0.4, -0.2) is 56.9 Å². The van der Waals surface area contributed by atoms with Gasteiger partial charge < -0.3 is 25.2 Å². The Labute approximate surface area is 193 Å². The fraction of sp³-hybridized carbons (Fsp3) is 0.273. The molecule has 1 amide bonds. The van der Waals surface area contributed by atoms with Crippen LogP contribution in [0.15, 0.2) is 52.3 Å². The van der Waals surface area contributed by atoms with E-state index in [-0.39, 0.29) is 34.7 Å². The Hall–Kier alpha value is -4.32. The fourth-order valence-corrected chi connectivity index (χ4v) is 3.80. The lowest BCUT2D eigenvalue weighted by molar-refractivity contribution is 0.00678. The predicted octanol–water partition coefficient (Wildman–Crippen LogP) is 1.86. The average molecular weight is 462 g/mol. The molecule has 0 bridgehead atoms. The Bertz CT molecular complexity index is 1400. The van der Waals surface area contributed by atoms with Crippen molar-refractivity contribution in [3.05, 3.63) is 59.1 Å². The minimum absolute atomic E-state index is 0.0121. The summed E-state index contributed by atoms with van der Waals surface area (Å²) in [4.78, 5) is 38.6. The zero-order valence-corrected chi connectivity index (χ0v) is 18.5. The van der Waals surface area contributed by atoms with Crippen LogP contribution >= 0.6 is 0 Å². The van der Waals surface area contributed by atoms with E-state index in [1.807, 2.05) is 0 Å². The van der Waals surface area contributed by atoms with Gasteiger partial charge in [0.25, 0.3) is 11.5 Å². The molecular formula is C22H22N8O4. The lowest BCUT2D eigenvalue weighted by atomic mass is 9.89. The van der Waals surface area contributed by atoms with Gasteiger partial charge in [0.2, 0.25) is 5.76 Å². The van der Waals surface area contributed by atoms with E-state index in [1.54, 1.807) is 38.6 Å². The molecule has 0 radical (unpaired) electrons. The number of pyridine rings is 2. The molecule has 34 heavy (non-hydrogen) atoms. The van der Waals surface area contributed by atoms with Gasteiger partial charge in [-0.3, -0.25) is 19.1 Å². The van der Waals surface area contributed by atoms with Gasteiger partial charge in [0, 0.05) is 38.8 Å². The van der Waals surface area contributed by atoms with Crippen molar-refractivity contribution < 1.29 is 14.1 Å². The summed E-state index contributed by atoms with van der Waals surface area (Å²) in [5.74, 6) is 0.285. The molecule has 1 fully saturated rings. The first-order chi connectivity index (χ1) is 16.6. The Morgan fingerprint density at radius 2 is 2.12 bits per heavy atom. The average Bonchev–Trinajstić information content (AvgIpc) is 3.27. The Morgan fingerprint density at radius 3 is 2.82 bits per heavy atom. The summed E-state index contributed by atoms with van der Waals surface area (Å²) in [6.45, 7) is 0. The van der Waals surface area contributed by atoms with E-state index in [4.69, 9.17) is 9.26 Å². The van der Waals surface area contributed by atoms with Crippen LogP contribution in [0.5, 0.6) is 0 Å². The molecule has 1 aliphatic rings. The highest BCUT2D eigenvalue weighted by Gasteiger charge is 2.34. The van der Waals surface area contributed by atoms with Gasteiger partial charge in [-0.05, 0) is 25.0 Å². The number of carbonyl (C=O) groups excluding carboxylic acids is 1. The highest BCUT2D eigenvalue weighted by atomic mass is 16.5. The number of ether oxygens (including phenoxy) is 1. The second kappa shape index (κ2) is 8.90. The molecular weight excluding hydrogens is 440 g/mol. The number of aromatic nitrogens is 5. The Morgan fingerprint density at radius 1 is 1.24 bits per heavy atom. The third kappa shape index (κ3) is 3.83. The number of rotatable bonds is 7. The largest absolute Gasteiger partial charge is 0.386 e. The molecule has 0 aliphatic heterocycles. The molecule has 12 heteroatoms. The van der Waals surface area contributed by atoms with E-state index in [2.05, 4.69) is 36.1 Å². The van der Waals surface area contributed by atoms with Gasteiger partial charge in [-0.15, -0.1) is 0 Å². The number of fused-ring (bicyclic) bond motifs is 1. The summed E-state index contributed by atoms with van der Waals surface area (Å²) in [6.07, 6.45) is 7.82. The van der Waals surface area contributed by atoms with Crippen molar-refractivity contribution in [1.29, 1.82) is 0 Å². The van der Waals surface area contributed by atoms with Crippen molar-refractivity contribution in [2.75, 3.05) is 24.8 Å². The first kappa shape index (κ1) is 21.5. The van der Waals surface area contributed by atoms with Crippen LogP contribution in [0.2, 0.25) is 0 Å². The number of carbonyl (C=O) groups is 1. The third-order valence-electron chi connectivity index (χ3n) is 5.75. The molecule has 0 spiro atoms. The van der Waals surface area contributed by atoms with Crippen molar-refractivity contribution in [1.82, 2.24) is 30.0 Å². The molecule has 1 saturated carbocycles. The molecule has 5 rings (SSSR count). The van der Waals surface area contributed by atoms with E-state index < -0.39 is 5.91 Å². The highest BCUT2D eigenvalue weighted by Crippen LogP contribution is 2.29. The maximum absolute atomic E-state index is 13.0. The van der Waals surface area contributed by atoms with Crippen molar-refractivity contribution in [3.63, 3.8) is 0 Å². The lowest BCUT2D eigenvalue weighted by Crippen LogP contribution is -2.51. The summed E-state index contributed by atoms with van der Waals surface area (Å²) < 4.78 is 12.1. The van der Waals surface area contributed by atoms with Gasteiger partial charge >= 0.3 is 0 Å². The number of anilines is 3. The molecule has 12 nitrogen and oxygen atoms in total. The standard InChI is InChI=1S/C22H22N8O4/c1-23-14-10-16(26-13-4-3-9-30(22(13)32)17-11-24-7-8-25-17)28-19-18(14)29-34-20(19)21(31)27-12-5-6-15(12)33-2/h3-4,7-12,15,23H,5-6H2,1-2H3,(H,26,28)(H,27,31)/t12-,15-/m1/s1. The van der Waals surface area contributed by atoms with E-state index in [0.717, 1.165) is 12.8 Å². The third-order valence-corrected chi connectivity index (χ3v) is 5.75. The van der Waals surface area contributed by atoms with Gasteiger partial charge in [-0.2, -0.15) is 0 Å². The summed E-state index contributed by atoms with van der Waals surface area (Å²) in [5, 5.41) is 13.0. The van der Waals surface area contributed by atoms with Crippen molar-refractivity contribution in [2.45, 2.75) is 25.0 Å². The van der Waals surface area contributed by atoms with Crippen molar-refractivity contribution >= 4 is 34.1 Å². The maximum Gasteiger partial charge on any atom is 0.292 e. The van der Waals surface area contributed by atoms with Crippen molar-refractivity contribution in [2.24, 2.45) is 0 Å². The smallest absolute Gasteiger partial charge is 0.292 e. The zero-order valence-electron chi connectivity index (χ0n) is 18.5. The van der Waals surface area contributed by atoms with E-state index in [0.29, 0.717) is 22.8 Å². The molecule has 174 valence electrons. The summed E-state index contributed by atoms with van der Waals surface area (Å²) in [7, 11) is 3.33. The van der Waals surface area contributed by atoms with Crippen LogP contribution in [0.1, 0.15) is 23.4 Å². The maximum atomic E-state index is 13.0. The molecule has 0 unspecified atom stereocenters. The monoisotopic (exact) mass is 462 g/mol. The van der Waals surface area contributed by atoms with Gasteiger partial charge in [0.1, 0.15) is 17.0 Å². The van der Waals surface area contributed by atoms with Crippen LogP contribution < -0.4 is 21.5 Å². The molecule has 4 heterocycles. The van der Waals surface area contributed by atoms with Crippen LogP contribution in [-0.2, 0) is 4.74 Å². The number of amides is 1. The molecule has 0 saturated heterocycles. The fourth-order valence-electron chi connectivity index (χ4n) is 3.80. The lowest BCUT2D eigenvalue weighted by Gasteiger charge is -2.35. The van der Waals surface area contributed by atoms with Crippen LogP contribution in [0.4, 0.5) is 17.2 Å². The zero-order chi connectivity index (χ0) is 23.7. The minimum Gasteiger partial charge on any atom is -0.386 e. The number of methoxy groups -OCH3 is 1. The summed E-state index contributed by atoms with van der Waals surface area (Å²) in [5.41, 5.74) is 1.18. The van der Waals surface area contributed by atoms with Crippen LogP contribution in [0, 0.1) is 0 Å². The second-order valence-corrected chi connectivity index (χ2v) is 7.73. The molecule has 0 aromatic carbocycles. The number of hydrogen-bond donors (Lipinski definition) is 3. The quantitative estimate of drug-likeness (QED) is 0.371. The van der Waals surface area contributed by atoms with Gasteiger partial charge in [0.15, 0.2) is 11.3 Å². The Balaban J connectivity index is 1.48. The number of nitrogens with one attached hydrogen (secondary N) is 3. The first-order valence-electron chi connectivity index (χ1n) is 10.7. The van der Waals surface area contributed by atoms with E-state index >= 15 is 0 Å². The van der Waals surface area contributed by atoms with Crippen LogP contribution in [0.25, 0.3) is 16.9 Å². The predicted molar refractivity (Wildman–Crippen MR) is 124 cm³/mol.